The van der Waals surface area contributed by atoms with Crippen LogP contribution in [0.3, 0.4) is 0 Å². The SMILES string of the molecule is CC(=O)C[C@@H](NC(=O)C(CC(C)C)n1ccc(C)cc1=O)c1cncc(-c2c(C)cccc2C)c1.CC(=O)C[C@@H](NC(=O)[C@H](CC(C)C)n1cc(C)c(C)cc1=O)c1cncc(-c2c(C)cccc2C)c1.CC(=O)C[C@@H](NC(=O)[C@H](CC(C)C)n1cnc2ccccc2c1=O)c1ccc(C)c(N2CCOCC2)c1.COC[C@@H](C(=O)N[C@@H](CC(=O)O)c1cccc(-c2ccccc2C)c1)n1cnc2ccccc2c1=O. The number of carboxylic acids is 1. The molecule has 14 rings (SSSR count). The largest absolute Gasteiger partial charge is 0.481 e. The van der Waals surface area contributed by atoms with Crippen LogP contribution in [0, 0.1) is 80.1 Å². The van der Waals surface area contributed by atoms with Gasteiger partial charge in [0.2, 0.25) is 23.6 Å². The lowest BCUT2D eigenvalue weighted by Gasteiger charge is -2.31. The molecule has 0 saturated carbocycles. The number of hydrogen-bond donors (Lipinski definition) is 5. The number of ether oxygens (including phenoxy) is 2. The number of rotatable bonds is 36. The van der Waals surface area contributed by atoms with Crippen LogP contribution in [0.1, 0.15) is 228 Å². The van der Waals surface area contributed by atoms with Crippen LogP contribution < -0.4 is 48.4 Å². The maximum absolute atomic E-state index is 13.7. The normalized spacial score (nSPS) is 13.5. The molecule has 6 aromatic heterocycles. The molecule has 28 heteroatoms. The summed E-state index contributed by atoms with van der Waals surface area (Å²) in [6, 6.07) is 51.0. The third-order valence-electron chi connectivity index (χ3n) is 25.7. The van der Waals surface area contributed by atoms with Crippen molar-refractivity contribution in [1.29, 1.82) is 0 Å². The molecule has 1 saturated heterocycles. The van der Waals surface area contributed by atoms with Crippen molar-refractivity contribution in [1.82, 2.24) is 59.5 Å². The molecule has 8 atom stereocenters. The first-order valence-electron chi connectivity index (χ1n) is 49.0. The summed E-state index contributed by atoms with van der Waals surface area (Å²) in [5, 5.41) is 22.5. The molecule has 1 unspecified atom stereocenters. The molecule has 4 amide bonds. The fourth-order valence-corrected chi connectivity index (χ4v) is 18.3. The number of aromatic nitrogens is 8. The van der Waals surface area contributed by atoms with E-state index in [4.69, 9.17) is 9.47 Å². The Labute approximate surface area is 841 Å². The summed E-state index contributed by atoms with van der Waals surface area (Å²) in [6.07, 6.45) is 14.8. The Kier molecular flexibility index (Phi) is 38.9. The van der Waals surface area contributed by atoms with Gasteiger partial charge in [0, 0.05) is 106 Å². The van der Waals surface area contributed by atoms with Crippen LogP contribution in [0.5, 0.6) is 0 Å². The van der Waals surface area contributed by atoms with E-state index in [9.17, 15) is 62.6 Å². The molecule has 28 nitrogen and oxygen atoms in total. The Morgan fingerprint density at radius 3 is 1.27 bits per heavy atom. The number of amides is 4. The minimum Gasteiger partial charge on any atom is -0.481 e. The highest BCUT2D eigenvalue weighted by molar-refractivity contribution is 5.87. The van der Waals surface area contributed by atoms with E-state index in [1.807, 2.05) is 166 Å². The molecule has 1 fully saturated rings. The van der Waals surface area contributed by atoms with Gasteiger partial charge < -0.3 is 49.9 Å². The number of anilines is 1. The fraction of sp³-hybridized carbons (Fsp3) is 0.362. The number of carbonyl (C=O) groups excluding carboxylic acids is 7. The summed E-state index contributed by atoms with van der Waals surface area (Å²) in [4.78, 5) is 174. The zero-order valence-corrected chi connectivity index (χ0v) is 86.0. The highest BCUT2D eigenvalue weighted by Crippen LogP contribution is 2.36. The number of ketones is 3. The molecular weight excluding hydrogens is 1820 g/mol. The molecule has 0 bridgehead atoms. The molecule has 0 spiro atoms. The topological polar surface area (TPSA) is 366 Å². The second-order valence-electron chi connectivity index (χ2n) is 38.9. The van der Waals surface area contributed by atoms with Crippen LogP contribution in [0.4, 0.5) is 5.69 Å². The van der Waals surface area contributed by atoms with Crippen molar-refractivity contribution in [3.8, 4) is 33.4 Å². The zero-order valence-electron chi connectivity index (χ0n) is 86.0. The van der Waals surface area contributed by atoms with Gasteiger partial charge in [-0.05, 0) is 269 Å². The number of morpholine rings is 1. The van der Waals surface area contributed by atoms with Crippen LogP contribution in [0.25, 0.3) is 55.2 Å². The van der Waals surface area contributed by atoms with Crippen molar-refractivity contribution in [2.75, 3.05) is 44.9 Å². The molecule has 5 N–H and O–H groups in total. The van der Waals surface area contributed by atoms with E-state index in [0.29, 0.717) is 59.8 Å². The van der Waals surface area contributed by atoms with Crippen LogP contribution in [0.2, 0.25) is 0 Å². The quantitative estimate of drug-likeness (QED) is 0.0243. The van der Waals surface area contributed by atoms with Gasteiger partial charge in [0.05, 0.1) is 84.9 Å². The Hall–Kier alpha value is -14.9. The number of nitrogens with one attached hydrogen (secondary N) is 4. The number of Topliss-reactive ketones (excluding diaryl/α,β-unsaturated/α-hetero) is 3. The molecule has 0 radical (unpaired) electrons. The predicted octanol–water partition coefficient (Wildman–Crippen LogP) is 18.7. The van der Waals surface area contributed by atoms with Crippen molar-refractivity contribution in [3.63, 3.8) is 0 Å². The maximum Gasteiger partial charge on any atom is 0.305 e. The monoisotopic (exact) mass is 1950 g/mol. The van der Waals surface area contributed by atoms with Gasteiger partial charge in [-0.2, -0.15) is 0 Å². The van der Waals surface area contributed by atoms with Crippen LogP contribution >= 0.6 is 0 Å². The second kappa shape index (κ2) is 51.2. The molecule has 7 aromatic carbocycles. The van der Waals surface area contributed by atoms with E-state index in [0.717, 1.165) is 119 Å². The van der Waals surface area contributed by atoms with Gasteiger partial charge >= 0.3 is 5.97 Å². The van der Waals surface area contributed by atoms with Crippen molar-refractivity contribution in [3.05, 3.63) is 346 Å². The summed E-state index contributed by atoms with van der Waals surface area (Å²) in [6.45, 7) is 37.5. The van der Waals surface area contributed by atoms with Gasteiger partial charge in [-0.25, -0.2) is 9.97 Å². The van der Waals surface area contributed by atoms with E-state index >= 15 is 0 Å². The van der Waals surface area contributed by atoms with Crippen molar-refractivity contribution in [2.24, 2.45) is 17.8 Å². The number of benzene rings is 7. The summed E-state index contributed by atoms with van der Waals surface area (Å²) >= 11 is 0. The first-order chi connectivity index (χ1) is 68.7. The van der Waals surface area contributed by atoms with Crippen molar-refractivity contribution < 1.29 is 52.9 Å². The minimum absolute atomic E-state index is 0.0243. The van der Waals surface area contributed by atoms with Gasteiger partial charge in [-0.15, -0.1) is 0 Å². The number of aryl methyl sites for hydroxylation is 9. The highest BCUT2D eigenvalue weighted by Gasteiger charge is 2.34. The van der Waals surface area contributed by atoms with Crippen LogP contribution in [-0.4, -0.2) is 130 Å². The summed E-state index contributed by atoms with van der Waals surface area (Å²) in [5.74, 6) is -2.02. The van der Waals surface area contributed by atoms with Crippen LogP contribution in [0.15, 0.2) is 251 Å². The number of methoxy groups -OCH3 is 1. The molecule has 144 heavy (non-hydrogen) atoms. The first-order valence-corrected chi connectivity index (χ1v) is 49.0. The number of para-hydroxylation sites is 2. The molecule has 7 heterocycles. The molecule has 0 aliphatic carbocycles. The Morgan fingerprint density at radius 1 is 0.396 bits per heavy atom. The lowest BCUT2D eigenvalue weighted by molar-refractivity contribution is -0.138. The number of nitrogens with zero attached hydrogens (tertiary/aromatic N) is 9. The summed E-state index contributed by atoms with van der Waals surface area (Å²) in [5.41, 5.74) is 19.6. The molecule has 1 aliphatic heterocycles. The predicted molar refractivity (Wildman–Crippen MR) is 565 cm³/mol. The average molecular weight is 1950 g/mol. The number of hydrogen-bond acceptors (Lipinski definition) is 19. The molecule has 13 aromatic rings. The summed E-state index contributed by atoms with van der Waals surface area (Å²) in [7, 11) is 1.43. The van der Waals surface area contributed by atoms with Gasteiger partial charge in [-0.3, -0.25) is 76.6 Å². The maximum atomic E-state index is 13.7. The Balaban J connectivity index is 0.000000183. The fourth-order valence-electron chi connectivity index (χ4n) is 18.3. The number of aliphatic carboxylic acids is 1. The number of carboxylic acid groups (broad SMARTS) is 1. The Bertz CT molecular complexity index is 7010. The molecular formula is C116H135N13O15. The van der Waals surface area contributed by atoms with Crippen LogP contribution in [-0.2, 0) is 47.8 Å². The lowest BCUT2D eigenvalue weighted by atomic mass is 9.94. The van der Waals surface area contributed by atoms with Gasteiger partial charge in [-0.1, -0.05) is 157 Å². The van der Waals surface area contributed by atoms with E-state index in [2.05, 4.69) is 111 Å². The summed E-state index contributed by atoms with van der Waals surface area (Å²) < 4.78 is 16.4. The van der Waals surface area contributed by atoms with Gasteiger partial charge in [0.25, 0.3) is 22.2 Å². The van der Waals surface area contributed by atoms with Crippen molar-refractivity contribution >= 4 is 74.4 Å². The smallest absolute Gasteiger partial charge is 0.305 e. The standard InChI is InChI=1S/C30H37N3O3.C29H36N4O4.C29H35N3O3.C28H27N3O5/c1-18(2)11-27(33-17-22(6)21(5)12-28(33)35)30(36)32-26(13-23(7)34)24-14-25(16-31-15-24)29-19(3)9-8-10-20(29)4;1-19(2)15-27(33-18-30-24-8-6-5-7-23(24)29(33)36)28(35)31-25(16-21(4)34)22-10-9-20(3)26(17-22)32-11-13-37-14-12-32;1-18(2)12-26(32-11-10-19(3)13-27(32)34)29(35)31-25(14-22(6)33)23-15-24(17-30-16-23)28-20(4)8-7-9-21(28)5;1-18-8-3-4-11-21(18)19-9-7-10-20(14-19)24(15-26(32)33)30-27(34)25(16-36-2)31-17-29-23-13-6-5-12-22(23)28(31)35/h8-10,12,14-18,26-27H,11,13H2,1-7H3,(H,32,36);5-10,17-19,25,27H,11-16H2,1-4H3,(H,31,35);7-11,13,15-18,25-26H,12,14H2,1-6H3,(H,31,35);3-14,17,24-25H,15-16H2,1-2H3,(H,30,34)(H,32,33)/t26-,27+;25-,27+;25-,26?;24-,25-/m1110/s1. The number of pyridine rings is 4. The van der Waals surface area contributed by atoms with E-state index < -0.39 is 60.2 Å². The second-order valence-corrected chi connectivity index (χ2v) is 38.9. The lowest BCUT2D eigenvalue weighted by Crippen LogP contribution is -2.41. The third kappa shape index (κ3) is 29.2. The highest BCUT2D eigenvalue weighted by atomic mass is 16.5. The zero-order chi connectivity index (χ0) is 104. The van der Waals surface area contributed by atoms with E-state index in [1.54, 1.807) is 85.6 Å². The first kappa shape index (κ1) is 109. The average Bonchev–Trinajstić information content (AvgIpc) is 0.796. The van der Waals surface area contributed by atoms with Gasteiger partial charge in [0.15, 0.2) is 0 Å². The number of carbonyl (C=O) groups is 8. The number of fused-ring (bicyclic) bond motifs is 2. The third-order valence-corrected chi connectivity index (χ3v) is 25.7. The molecule has 754 valence electrons. The Morgan fingerprint density at radius 2 is 0.806 bits per heavy atom. The minimum atomic E-state index is -1.06. The van der Waals surface area contributed by atoms with E-state index in [1.165, 1.54) is 64.9 Å². The van der Waals surface area contributed by atoms with Gasteiger partial charge in [0.1, 0.15) is 41.5 Å². The van der Waals surface area contributed by atoms with Crippen molar-refractivity contribution in [2.45, 2.75) is 218 Å². The molecule has 1 aliphatic rings. The van der Waals surface area contributed by atoms with E-state index in [-0.39, 0.29) is 107 Å².